The van der Waals surface area contributed by atoms with Gasteiger partial charge in [0.1, 0.15) is 0 Å². The molecule has 0 aromatic carbocycles. The molecule has 22 heavy (non-hydrogen) atoms. The van der Waals surface area contributed by atoms with Crippen molar-refractivity contribution in [3.8, 4) is 0 Å². The fourth-order valence-corrected chi connectivity index (χ4v) is 3.13. The Bertz CT molecular complexity index is 417. The van der Waals surface area contributed by atoms with E-state index in [9.17, 15) is 5.11 Å². The zero-order valence-electron chi connectivity index (χ0n) is 15.2. The Labute approximate surface area is 137 Å². The van der Waals surface area contributed by atoms with E-state index in [0.717, 1.165) is 24.8 Å². The first-order chi connectivity index (χ1) is 10.5. The molecule has 2 nitrogen and oxygen atoms in total. The van der Waals surface area contributed by atoms with Crippen molar-refractivity contribution in [2.45, 2.75) is 78.8 Å². The molecule has 0 fully saturated rings. The Morgan fingerprint density at radius 2 is 2.00 bits per heavy atom. The van der Waals surface area contributed by atoms with Gasteiger partial charge in [0.05, 0.1) is 6.61 Å². The van der Waals surface area contributed by atoms with Crippen LogP contribution in [0.5, 0.6) is 0 Å². The first kappa shape index (κ1) is 19.2. The van der Waals surface area contributed by atoms with Gasteiger partial charge in [-0.3, -0.25) is 4.90 Å². The number of allylic oxidation sites excluding steroid dienone is 4. The molecule has 0 bridgehead atoms. The molecular formula is C20H35NO. The minimum Gasteiger partial charge on any atom is -0.392 e. The summed E-state index contributed by atoms with van der Waals surface area (Å²) in [6.07, 6.45) is 12.5. The SMILES string of the molecule is CCCCN(C(C)C)C(/C=C(\C)C1=CC=C(CO)CC1)CC. The minimum absolute atomic E-state index is 0.197. The van der Waals surface area contributed by atoms with Crippen LogP contribution in [-0.2, 0) is 0 Å². The summed E-state index contributed by atoms with van der Waals surface area (Å²) in [4.78, 5) is 2.63. The molecule has 0 heterocycles. The first-order valence-corrected chi connectivity index (χ1v) is 8.97. The van der Waals surface area contributed by atoms with Crippen LogP contribution in [0, 0.1) is 0 Å². The van der Waals surface area contributed by atoms with Crippen molar-refractivity contribution >= 4 is 0 Å². The second kappa shape index (κ2) is 10.0. The van der Waals surface area contributed by atoms with Crippen LogP contribution in [0.25, 0.3) is 0 Å². The van der Waals surface area contributed by atoms with Crippen LogP contribution in [-0.4, -0.2) is 35.2 Å². The smallest absolute Gasteiger partial charge is 0.0644 e. The number of hydrogen-bond donors (Lipinski definition) is 1. The average molecular weight is 306 g/mol. The van der Waals surface area contributed by atoms with Crippen LogP contribution in [0.15, 0.2) is 34.9 Å². The highest BCUT2D eigenvalue weighted by atomic mass is 16.3. The van der Waals surface area contributed by atoms with Gasteiger partial charge in [-0.1, -0.05) is 44.1 Å². The van der Waals surface area contributed by atoms with Crippen molar-refractivity contribution < 1.29 is 5.11 Å². The number of nitrogens with zero attached hydrogens (tertiary/aromatic N) is 1. The van der Waals surface area contributed by atoms with Crippen molar-refractivity contribution in [1.82, 2.24) is 4.90 Å². The van der Waals surface area contributed by atoms with Gasteiger partial charge in [0.15, 0.2) is 0 Å². The molecular weight excluding hydrogens is 270 g/mol. The Balaban J connectivity index is 2.85. The third kappa shape index (κ3) is 5.73. The maximum Gasteiger partial charge on any atom is 0.0644 e. The molecule has 0 amide bonds. The lowest BCUT2D eigenvalue weighted by molar-refractivity contribution is 0.174. The lowest BCUT2D eigenvalue weighted by Crippen LogP contribution is -2.40. The quantitative estimate of drug-likeness (QED) is 0.657. The maximum absolute atomic E-state index is 9.20. The van der Waals surface area contributed by atoms with Gasteiger partial charge in [-0.25, -0.2) is 0 Å². The molecule has 1 aliphatic carbocycles. The lowest BCUT2D eigenvalue weighted by Gasteiger charge is -2.33. The highest BCUT2D eigenvalue weighted by molar-refractivity contribution is 5.37. The van der Waals surface area contributed by atoms with Crippen LogP contribution in [0.4, 0.5) is 0 Å². The Morgan fingerprint density at radius 3 is 2.45 bits per heavy atom. The average Bonchev–Trinajstić information content (AvgIpc) is 2.53. The molecule has 1 aliphatic rings. The van der Waals surface area contributed by atoms with Crippen molar-refractivity contribution in [2.75, 3.05) is 13.2 Å². The summed E-state index contributed by atoms with van der Waals surface area (Å²) >= 11 is 0. The van der Waals surface area contributed by atoms with Gasteiger partial charge in [-0.15, -0.1) is 0 Å². The van der Waals surface area contributed by atoms with Crippen LogP contribution >= 0.6 is 0 Å². The fourth-order valence-electron chi connectivity index (χ4n) is 3.13. The van der Waals surface area contributed by atoms with Crippen LogP contribution in [0.1, 0.15) is 66.7 Å². The normalized spacial score (nSPS) is 17.7. The van der Waals surface area contributed by atoms with E-state index in [1.54, 1.807) is 0 Å². The molecule has 0 radical (unpaired) electrons. The predicted molar refractivity (Wildman–Crippen MR) is 97.1 cm³/mol. The number of aliphatic hydroxyl groups excluding tert-OH is 1. The predicted octanol–water partition coefficient (Wildman–Crippen LogP) is 4.86. The van der Waals surface area contributed by atoms with Crippen LogP contribution in [0.2, 0.25) is 0 Å². The first-order valence-electron chi connectivity index (χ1n) is 8.97. The van der Waals surface area contributed by atoms with E-state index in [4.69, 9.17) is 0 Å². The monoisotopic (exact) mass is 305 g/mol. The van der Waals surface area contributed by atoms with E-state index >= 15 is 0 Å². The van der Waals surface area contributed by atoms with Crippen molar-refractivity contribution in [1.29, 1.82) is 0 Å². The molecule has 0 saturated carbocycles. The summed E-state index contributed by atoms with van der Waals surface area (Å²) in [6, 6.07) is 1.11. The van der Waals surface area contributed by atoms with Crippen molar-refractivity contribution in [2.24, 2.45) is 0 Å². The molecule has 1 N–H and O–H groups in total. The van der Waals surface area contributed by atoms with Gasteiger partial charge in [-0.2, -0.15) is 0 Å². The zero-order valence-corrected chi connectivity index (χ0v) is 15.2. The Hall–Kier alpha value is -0.860. The van der Waals surface area contributed by atoms with Gasteiger partial charge in [0.2, 0.25) is 0 Å². The summed E-state index contributed by atoms with van der Waals surface area (Å²) < 4.78 is 0. The van der Waals surface area contributed by atoms with Gasteiger partial charge in [0, 0.05) is 12.1 Å². The van der Waals surface area contributed by atoms with Crippen LogP contribution < -0.4 is 0 Å². The van der Waals surface area contributed by atoms with Crippen LogP contribution in [0.3, 0.4) is 0 Å². The van der Waals surface area contributed by atoms with Crippen molar-refractivity contribution in [3.63, 3.8) is 0 Å². The number of unbranched alkanes of at least 4 members (excludes halogenated alkanes) is 1. The molecule has 2 heteroatoms. The molecule has 1 atom stereocenters. The number of rotatable bonds is 9. The Morgan fingerprint density at radius 1 is 1.27 bits per heavy atom. The zero-order chi connectivity index (χ0) is 16.5. The Kier molecular flexibility index (Phi) is 8.74. The molecule has 1 unspecified atom stereocenters. The molecule has 0 aliphatic heterocycles. The van der Waals surface area contributed by atoms with Gasteiger partial charge >= 0.3 is 0 Å². The fraction of sp³-hybridized carbons (Fsp3) is 0.700. The third-order valence-electron chi connectivity index (χ3n) is 4.67. The standard InChI is InChI=1S/C20H35NO/c1-6-8-13-21(16(3)4)20(7-2)14-17(5)19-11-9-18(15-22)10-12-19/h9,11,14,16,20,22H,6-8,10,12-13,15H2,1-5H3/b17-14+. The van der Waals surface area contributed by atoms with Gasteiger partial charge in [0.25, 0.3) is 0 Å². The lowest BCUT2D eigenvalue weighted by atomic mass is 9.92. The second-order valence-corrected chi connectivity index (χ2v) is 6.69. The van der Waals surface area contributed by atoms with Gasteiger partial charge < -0.3 is 5.11 Å². The van der Waals surface area contributed by atoms with E-state index in [1.807, 2.05) is 0 Å². The highest BCUT2D eigenvalue weighted by Crippen LogP contribution is 2.25. The summed E-state index contributed by atoms with van der Waals surface area (Å²) in [5, 5.41) is 9.20. The second-order valence-electron chi connectivity index (χ2n) is 6.69. The largest absolute Gasteiger partial charge is 0.392 e. The topological polar surface area (TPSA) is 23.5 Å². The van der Waals surface area contributed by atoms with E-state index in [1.165, 1.54) is 30.5 Å². The molecule has 126 valence electrons. The van der Waals surface area contributed by atoms with E-state index in [0.29, 0.717) is 12.1 Å². The van der Waals surface area contributed by atoms with E-state index in [2.05, 4.69) is 57.7 Å². The van der Waals surface area contributed by atoms with Crippen molar-refractivity contribution in [3.05, 3.63) is 34.9 Å². The molecule has 0 saturated heterocycles. The summed E-state index contributed by atoms with van der Waals surface area (Å²) in [6.45, 7) is 12.8. The van der Waals surface area contributed by atoms with Gasteiger partial charge in [-0.05, 0) is 64.1 Å². The van der Waals surface area contributed by atoms with E-state index in [-0.39, 0.29) is 6.61 Å². The summed E-state index contributed by atoms with van der Waals surface area (Å²) in [7, 11) is 0. The molecule has 1 rings (SSSR count). The molecule has 0 aromatic heterocycles. The van der Waals surface area contributed by atoms with E-state index < -0.39 is 0 Å². The molecule has 0 spiro atoms. The molecule has 0 aromatic rings. The summed E-state index contributed by atoms with van der Waals surface area (Å²) in [5.74, 6) is 0. The maximum atomic E-state index is 9.20. The number of hydrogen-bond acceptors (Lipinski definition) is 2. The summed E-state index contributed by atoms with van der Waals surface area (Å²) in [5.41, 5.74) is 3.98. The number of aliphatic hydroxyl groups is 1. The minimum atomic E-state index is 0.197. The highest BCUT2D eigenvalue weighted by Gasteiger charge is 2.18. The third-order valence-corrected chi connectivity index (χ3v) is 4.67.